The first-order valence-electron chi connectivity index (χ1n) is 7.85. The molecule has 0 radical (unpaired) electrons. The zero-order chi connectivity index (χ0) is 15.8. The number of carbonyl (C=O) groups is 2. The van der Waals surface area contributed by atoms with Crippen LogP contribution in [0.25, 0.3) is 0 Å². The molecule has 0 aliphatic carbocycles. The van der Waals surface area contributed by atoms with E-state index >= 15 is 0 Å². The second-order valence-corrected chi connectivity index (χ2v) is 7.13. The Bertz CT molecular complexity index is 722. The minimum Gasteiger partial charge on any atom is -0.467 e. The van der Waals surface area contributed by atoms with Crippen molar-refractivity contribution in [3.63, 3.8) is 0 Å². The molecule has 0 N–H and O–H groups in total. The minimum absolute atomic E-state index is 0.0352. The maximum absolute atomic E-state index is 12.8. The van der Waals surface area contributed by atoms with Crippen molar-refractivity contribution in [2.45, 2.75) is 25.9 Å². The number of hydrogen-bond donors (Lipinski definition) is 0. The van der Waals surface area contributed by atoms with E-state index in [2.05, 4.69) is 11.4 Å². The molecule has 1 atom stereocenters. The molecule has 0 aromatic carbocycles. The first-order chi connectivity index (χ1) is 11.2. The van der Waals surface area contributed by atoms with Crippen LogP contribution in [0.4, 0.5) is 0 Å². The number of nitrogens with zero attached hydrogens (tertiary/aromatic N) is 2. The van der Waals surface area contributed by atoms with Gasteiger partial charge in [-0.25, -0.2) is 0 Å². The summed E-state index contributed by atoms with van der Waals surface area (Å²) in [6.45, 7) is 2.38. The van der Waals surface area contributed by atoms with E-state index in [4.69, 9.17) is 4.42 Å². The number of furan rings is 1. The van der Waals surface area contributed by atoms with Crippen LogP contribution in [0.3, 0.4) is 0 Å². The van der Waals surface area contributed by atoms with Gasteiger partial charge in [0.05, 0.1) is 18.7 Å². The molecule has 2 aliphatic heterocycles. The first kappa shape index (κ1) is 14.5. The van der Waals surface area contributed by atoms with Crippen molar-refractivity contribution in [2.24, 2.45) is 5.92 Å². The summed E-state index contributed by atoms with van der Waals surface area (Å²) < 4.78 is 5.30. The number of hydrogen-bond acceptors (Lipinski definition) is 4. The number of likely N-dealkylation sites (tertiary alicyclic amines) is 1. The van der Waals surface area contributed by atoms with Gasteiger partial charge < -0.3 is 14.2 Å². The Balaban J connectivity index is 1.41. The second-order valence-electron chi connectivity index (χ2n) is 6.13. The molecule has 0 saturated carbocycles. The van der Waals surface area contributed by atoms with E-state index in [1.807, 2.05) is 17.0 Å². The Morgan fingerprint density at radius 1 is 1.39 bits per heavy atom. The topological polar surface area (TPSA) is 53.8 Å². The number of carbonyl (C=O) groups excluding carboxylic acids is 2. The van der Waals surface area contributed by atoms with Gasteiger partial charge in [-0.05, 0) is 35.6 Å². The summed E-state index contributed by atoms with van der Waals surface area (Å²) in [4.78, 5) is 29.9. The highest BCUT2D eigenvalue weighted by Crippen LogP contribution is 2.28. The Morgan fingerprint density at radius 3 is 3.13 bits per heavy atom. The quantitative estimate of drug-likeness (QED) is 0.867. The molecule has 23 heavy (non-hydrogen) atoms. The summed E-state index contributed by atoms with van der Waals surface area (Å²) in [5.41, 5.74) is 1.26. The van der Waals surface area contributed by atoms with Crippen molar-refractivity contribution in [3.8, 4) is 0 Å². The highest BCUT2D eigenvalue weighted by atomic mass is 32.1. The summed E-state index contributed by atoms with van der Waals surface area (Å²) in [6, 6.07) is 5.76. The van der Waals surface area contributed by atoms with Crippen LogP contribution in [-0.4, -0.2) is 34.7 Å². The van der Waals surface area contributed by atoms with Crippen LogP contribution in [-0.2, 0) is 29.1 Å². The highest BCUT2D eigenvalue weighted by molar-refractivity contribution is 7.10. The van der Waals surface area contributed by atoms with Gasteiger partial charge in [0, 0.05) is 30.9 Å². The molecule has 0 unspecified atom stereocenters. The number of thiophene rings is 1. The van der Waals surface area contributed by atoms with Gasteiger partial charge in [0.25, 0.3) is 0 Å². The lowest BCUT2D eigenvalue weighted by molar-refractivity contribution is -0.136. The Labute approximate surface area is 138 Å². The molecule has 2 aliphatic rings. The minimum atomic E-state index is -0.224. The van der Waals surface area contributed by atoms with Crippen LogP contribution in [0, 0.1) is 5.92 Å². The lowest BCUT2D eigenvalue weighted by Gasteiger charge is -2.29. The predicted molar refractivity (Wildman–Crippen MR) is 85.7 cm³/mol. The largest absolute Gasteiger partial charge is 0.467 e. The first-order valence-corrected chi connectivity index (χ1v) is 8.73. The average Bonchev–Trinajstić information content (AvgIpc) is 3.28. The molecular weight excluding hydrogens is 312 g/mol. The van der Waals surface area contributed by atoms with Gasteiger partial charge in [-0.3, -0.25) is 9.59 Å². The van der Waals surface area contributed by atoms with Crippen molar-refractivity contribution in [3.05, 3.63) is 46.0 Å². The Hall–Kier alpha value is -2.08. The maximum Gasteiger partial charge on any atom is 0.228 e. The molecule has 2 aromatic rings. The van der Waals surface area contributed by atoms with Crippen LogP contribution < -0.4 is 0 Å². The molecule has 2 amide bonds. The lowest BCUT2D eigenvalue weighted by Crippen LogP contribution is -2.40. The maximum atomic E-state index is 12.8. The predicted octanol–water partition coefficient (Wildman–Crippen LogP) is 2.27. The van der Waals surface area contributed by atoms with E-state index in [-0.39, 0.29) is 17.7 Å². The van der Waals surface area contributed by atoms with E-state index < -0.39 is 0 Å². The molecule has 5 nitrogen and oxygen atoms in total. The SMILES string of the molecule is O=C1C[C@@H](C(=O)N2CCc3sccc3C2)CN1Cc1ccco1. The highest BCUT2D eigenvalue weighted by Gasteiger charge is 2.37. The second kappa shape index (κ2) is 5.85. The summed E-state index contributed by atoms with van der Waals surface area (Å²) >= 11 is 1.76. The molecule has 1 fully saturated rings. The van der Waals surface area contributed by atoms with E-state index in [1.165, 1.54) is 10.4 Å². The van der Waals surface area contributed by atoms with E-state index in [0.29, 0.717) is 26.1 Å². The molecule has 2 aromatic heterocycles. The standard InChI is InChI=1S/C17H18N2O3S/c20-16-8-13(10-19(16)11-14-2-1-6-22-14)17(21)18-5-3-15-12(9-18)4-7-23-15/h1-2,4,6-7,13H,3,5,8-11H2/t13-/m1/s1. The normalized spacial score (nSPS) is 20.9. The van der Waals surface area contributed by atoms with Crippen LogP contribution in [0.1, 0.15) is 22.6 Å². The monoisotopic (exact) mass is 330 g/mol. The van der Waals surface area contributed by atoms with Gasteiger partial charge >= 0.3 is 0 Å². The molecule has 4 rings (SSSR count). The number of fused-ring (bicyclic) bond motifs is 1. The van der Waals surface area contributed by atoms with E-state index in [0.717, 1.165) is 18.7 Å². The third-order valence-corrected chi connectivity index (χ3v) is 5.63. The lowest BCUT2D eigenvalue weighted by atomic mass is 10.0. The van der Waals surface area contributed by atoms with Crippen molar-refractivity contribution in [1.82, 2.24) is 9.80 Å². The van der Waals surface area contributed by atoms with Gasteiger partial charge in [-0.1, -0.05) is 0 Å². The number of rotatable bonds is 3. The average molecular weight is 330 g/mol. The molecule has 120 valence electrons. The van der Waals surface area contributed by atoms with Crippen LogP contribution in [0.5, 0.6) is 0 Å². The van der Waals surface area contributed by atoms with Crippen molar-refractivity contribution < 1.29 is 14.0 Å². The fourth-order valence-corrected chi connectivity index (χ4v) is 4.27. The van der Waals surface area contributed by atoms with E-state index in [1.54, 1.807) is 22.5 Å². The third-order valence-electron chi connectivity index (χ3n) is 4.61. The zero-order valence-corrected chi connectivity index (χ0v) is 13.6. The molecule has 4 heterocycles. The summed E-state index contributed by atoms with van der Waals surface area (Å²) in [7, 11) is 0. The fourth-order valence-electron chi connectivity index (χ4n) is 3.38. The van der Waals surface area contributed by atoms with Gasteiger partial charge in [-0.15, -0.1) is 11.3 Å². The Kier molecular flexibility index (Phi) is 3.69. The number of amides is 2. The third kappa shape index (κ3) is 2.79. The van der Waals surface area contributed by atoms with Crippen molar-refractivity contribution in [2.75, 3.05) is 13.1 Å². The van der Waals surface area contributed by atoms with Gasteiger partial charge in [0.1, 0.15) is 5.76 Å². The van der Waals surface area contributed by atoms with E-state index in [9.17, 15) is 9.59 Å². The Morgan fingerprint density at radius 2 is 2.30 bits per heavy atom. The van der Waals surface area contributed by atoms with Crippen LogP contribution in [0.15, 0.2) is 34.3 Å². The summed E-state index contributed by atoms with van der Waals surface area (Å²) in [6.07, 6.45) is 2.84. The zero-order valence-electron chi connectivity index (χ0n) is 12.7. The molecular formula is C17H18N2O3S. The van der Waals surface area contributed by atoms with Crippen LogP contribution >= 0.6 is 11.3 Å². The molecule has 1 saturated heterocycles. The van der Waals surface area contributed by atoms with Gasteiger partial charge in [0.15, 0.2) is 0 Å². The molecule has 0 bridgehead atoms. The molecule has 0 spiro atoms. The van der Waals surface area contributed by atoms with Gasteiger partial charge in [-0.2, -0.15) is 0 Å². The smallest absolute Gasteiger partial charge is 0.228 e. The summed E-state index contributed by atoms with van der Waals surface area (Å²) in [5, 5.41) is 2.09. The van der Waals surface area contributed by atoms with Crippen molar-refractivity contribution in [1.29, 1.82) is 0 Å². The summed E-state index contributed by atoms with van der Waals surface area (Å²) in [5.74, 6) is 0.676. The van der Waals surface area contributed by atoms with Gasteiger partial charge in [0.2, 0.25) is 11.8 Å². The molecule has 6 heteroatoms. The van der Waals surface area contributed by atoms with Crippen LogP contribution in [0.2, 0.25) is 0 Å². The fraction of sp³-hybridized carbons (Fsp3) is 0.412. The van der Waals surface area contributed by atoms with Crippen molar-refractivity contribution >= 4 is 23.2 Å².